The lowest BCUT2D eigenvalue weighted by molar-refractivity contribution is -0.138. The third-order valence-corrected chi connectivity index (χ3v) is 19.2. The van der Waals surface area contributed by atoms with Gasteiger partial charge in [-0.15, -0.1) is 0 Å². The molecule has 0 radical (unpaired) electrons. The second-order valence-corrected chi connectivity index (χ2v) is 26.7. The van der Waals surface area contributed by atoms with Crippen LogP contribution >= 0.6 is 0 Å². The van der Waals surface area contributed by atoms with Gasteiger partial charge in [-0.25, -0.2) is 58.6 Å². The van der Waals surface area contributed by atoms with Gasteiger partial charge in [0, 0.05) is 104 Å². The van der Waals surface area contributed by atoms with E-state index in [4.69, 9.17) is 19.3 Å². The van der Waals surface area contributed by atoms with Gasteiger partial charge in [0.1, 0.15) is 30.4 Å². The van der Waals surface area contributed by atoms with Crippen molar-refractivity contribution in [2.45, 2.75) is 74.5 Å². The summed E-state index contributed by atoms with van der Waals surface area (Å²) in [7, 11) is 0. The average molecular weight is 1550 g/mol. The molecule has 0 spiro atoms. The van der Waals surface area contributed by atoms with Crippen LogP contribution in [0.15, 0.2) is 159 Å². The fraction of sp³-hybridized carbons (Fsp3) is 0.297. The lowest BCUT2D eigenvalue weighted by Gasteiger charge is -2.35. The number of ether oxygens (including phenoxy) is 3. The molecule has 4 saturated heterocycles. The van der Waals surface area contributed by atoms with E-state index in [0.29, 0.717) is 112 Å². The van der Waals surface area contributed by atoms with E-state index in [1.54, 1.807) is 42.9 Å². The molecule has 5 N–H and O–H groups in total. The maximum absolute atomic E-state index is 14.5. The Hall–Kier alpha value is -12.6. The van der Waals surface area contributed by atoms with E-state index >= 15 is 0 Å². The number of halogens is 10. The molecular formula is C74H64F10N20O8. The van der Waals surface area contributed by atoms with E-state index in [1.165, 1.54) is 94.1 Å². The molecule has 4 fully saturated rings. The molecule has 0 saturated carbocycles. The first-order valence-electron chi connectivity index (χ1n) is 35.1. The largest absolute Gasteiger partial charge is 0.475 e. The van der Waals surface area contributed by atoms with Crippen molar-refractivity contribution in [2.75, 3.05) is 111 Å². The van der Waals surface area contributed by atoms with Crippen LogP contribution in [-0.2, 0) is 23.3 Å². The molecule has 6 bridgehead atoms. The van der Waals surface area contributed by atoms with Gasteiger partial charge < -0.3 is 44.4 Å². The molecule has 6 aromatic heterocycles. The van der Waals surface area contributed by atoms with Crippen molar-refractivity contribution in [3.8, 4) is 57.2 Å². The topological polar surface area (TPSA) is 317 Å². The molecule has 4 aromatic carbocycles. The van der Waals surface area contributed by atoms with Crippen molar-refractivity contribution < 1.29 is 82.7 Å². The molecule has 0 aliphatic carbocycles. The number of urea groups is 3. The summed E-state index contributed by atoms with van der Waals surface area (Å²) in [6, 6.07) is 23.0. The standard InChI is InChI=1S/C27H20F4N6O.C24H22F3N7O3.C23H22F3N7O4/c28-20-10-18(17-4-2-7-32-13-17)11-21(12-20)34-26(38)37-22-6-8-36(15-22)23-14-33-24(35-25(23)37)16-3-1-5-19(9-16)27(29,30)31;25-24(26,27)15-3-1-2-14(10-15)20-29-11-18-21(32-20)34(16-5-8-33(18)12-16)23(35)31-19-4-7-28-22(30-19)37-17-6-9-36-13-17;24-23(25,26)14-3-1-2-13(8-14)19-28-9-17-20(30-19)33(15-5-7-32(17)10-15)22(36)31-21-27-6-4-18(29-21)37-12-16(35)11-34/h1-5,7,9-14,22H,6,8,15H2,(H,34,38);1-4,7,10-11,16-17H,5-6,8-9,12-13H2,(H,28,30,31,35);1-4,6,8-9,15-16,34-35H,5,7,10-12H2,(H,27,29,31,36)/t22-;16-,17-;15-,16+/m000/s1. The molecule has 7 aliphatic heterocycles. The normalized spacial score (nSPS) is 18.1. The fourth-order valence-electron chi connectivity index (χ4n) is 13.9. The Morgan fingerprint density at radius 1 is 0.518 bits per heavy atom. The number of nitrogens with zero attached hydrogens (tertiary/aromatic N) is 17. The number of carbonyl (C=O) groups excluding carboxylic acids is 3. The Bertz CT molecular complexity index is 5170. The van der Waals surface area contributed by atoms with Gasteiger partial charge in [-0.3, -0.25) is 30.3 Å². The number of fused-ring (bicyclic) bond motifs is 12. The highest BCUT2D eigenvalue weighted by Crippen LogP contribution is 2.45. The third kappa shape index (κ3) is 16.3. The summed E-state index contributed by atoms with van der Waals surface area (Å²) in [5, 5.41) is 26.5. The number of aromatic nitrogens is 11. The highest BCUT2D eigenvalue weighted by atomic mass is 19.4. The molecule has 6 amide bonds. The number of benzene rings is 4. The van der Waals surface area contributed by atoms with Crippen LogP contribution in [0.2, 0.25) is 0 Å². The van der Waals surface area contributed by atoms with Crippen LogP contribution in [0.5, 0.6) is 11.9 Å². The number of rotatable bonds is 13. The van der Waals surface area contributed by atoms with Gasteiger partial charge in [-0.05, 0) is 91.6 Å². The number of hydrogen-bond donors (Lipinski definition) is 5. The fourth-order valence-corrected chi connectivity index (χ4v) is 13.9. The quantitative estimate of drug-likeness (QED) is 0.0670. The van der Waals surface area contributed by atoms with Crippen molar-refractivity contribution in [3.63, 3.8) is 0 Å². The van der Waals surface area contributed by atoms with Gasteiger partial charge in [0.05, 0.1) is 90.3 Å². The van der Waals surface area contributed by atoms with Crippen molar-refractivity contribution in [2.24, 2.45) is 0 Å². The van der Waals surface area contributed by atoms with E-state index in [0.717, 1.165) is 42.8 Å². The molecule has 578 valence electrons. The Balaban J connectivity index is 0.000000133. The number of nitrogens with one attached hydrogen (secondary N) is 3. The summed E-state index contributed by atoms with van der Waals surface area (Å²) in [5.74, 6) is 0.871. The molecule has 112 heavy (non-hydrogen) atoms. The van der Waals surface area contributed by atoms with Gasteiger partial charge in [0.2, 0.25) is 11.8 Å². The minimum absolute atomic E-state index is 0.0549. The molecular weight excluding hydrogens is 1490 g/mol. The number of amides is 6. The predicted octanol–water partition coefficient (Wildman–Crippen LogP) is 12.1. The van der Waals surface area contributed by atoms with Gasteiger partial charge in [-0.2, -0.15) is 49.5 Å². The molecule has 7 aliphatic rings. The lowest BCUT2D eigenvalue weighted by atomic mass is 10.1. The van der Waals surface area contributed by atoms with Crippen LogP contribution in [0, 0.1) is 5.82 Å². The molecule has 0 unspecified atom stereocenters. The third-order valence-electron chi connectivity index (χ3n) is 19.2. The van der Waals surface area contributed by atoms with E-state index in [1.807, 2.05) is 9.80 Å². The van der Waals surface area contributed by atoms with Crippen molar-refractivity contribution >= 4 is 70.1 Å². The summed E-state index contributed by atoms with van der Waals surface area (Å²) in [4.78, 5) is 98.1. The molecule has 38 heteroatoms. The first-order chi connectivity index (χ1) is 53.8. The zero-order chi connectivity index (χ0) is 78.2. The first-order valence-corrected chi connectivity index (χ1v) is 35.1. The summed E-state index contributed by atoms with van der Waals surface area (Å²) >= 11 is 0. The molecule has 28 nitrogen and oxygen atoms in total. The lowest BCUT2D eigenvalue weighted by Crippen LogP contribution is -2.48. The number of anilines is 9. The van der Waals surface area contributed by atoms with Crippen LogP contribution in [0.1, 0.15) is 42.4 Å². The molecule has 13 heterocycles. The highest BCUT2D eigenvalue weighted by Gasteiger charge is 2.45. The number of hydrogen-bond acceptors (Lipinski definition) is 22. The number of aliphatic hydroxyl groups is 2. The van der Waals surface area contributed by atoms with Gasteiger partial charge in [0.25, 0.3) is 0 Å². The summed E-state index contributed by atoms with van der Waals surface area (Å²) in [6.45, 7) is 4.16. The number of aliphatic hydroxyl groups excluding tert-OH is 2. The van der Waals surface area contributed by atoms with E-state index in [9.17, 15) is 63.4 Å². The van der Waals surface area contributed by atoms with E-state index in [-0.39, 0.29) is 100 Å². The zero-order valence-corrected chi connectivity index (χ0v) is 58.5. The van der Waals surface area contributed by atoms with Crippen molar-refractivity contribution in [1.29, 1.82) is 0 Å². The van der Waals surface area contributed by atoms with Crippen LogP contribution in [0.4, 0.5) is 110 Å². The summed E-state index contributed by atoms with van der Waals surface area (Å²) < 4.78 is 150. The Morgan fingerprint density at radius 2 is 1.01 bits per heavy atom. The highest BCUT2D eigenvalue weighted by molar-refractivity contribution is 6.06. The maximum atomic E-state index is 14.5. The van der Waals surface area contributed by atoms with Crippen LogP contribution < -0.4 is 54.8 Å². The molecule has 10 aromatic rings. The van der Waals surface area contributed by atoms with Crippen LogP contribution in [0.3, 0.4) is 0 Å². The number of carbonyl (C=O) groups is 3. The van der Waals surface area contributed by atoms with Crippen LogP contribution in [-0.4, -0.2) is 179 Å². The second kappa shape index (κ2) is 31.1. The van der Waals surface area contributed by atoms with Gasteiger partial charge >= 0.3 is 42.6 Å². The maximum Gasteiger partial charge on any atom is 0.416 e. The van der Waals surface area contributed by atoms with Crippen molar-refractivity contribution in [3.05, 3.63) is 181 Å². The average Bonchev–Trinajstić information content (AvgIpc) is 1.56. The monoisotopic (exact) mass is 1550 g/mol. The van der Waals surface area contributed by atoms with Gasteiger partial charge in [0.15, 0.2) is 34.9 Å². The van der Waals surface area contributed by atoms with E-state index in [2.05, 4.69) is 75.7 Å². The molecule has 17 rings (SSSR count). The van der Waals surface area contributed by atoms with Gasteiger partial charge in [-0.1, -0.05) is 42.5 Å². The number of pyridine rings is 1. The van der Waals surface area contributed by atoms with Crippen molar-refractivity contribution in [1.82, 2.24) is 54.8 Å². The Morgan fingerprint density at radius 3 is 1.48 bits per heavy atom. The number of alkyl halides is 9. The first kappa shape index (κ1) is 74.9. The predicted molar refractivity (Wildman–Crippen MR) is 386 cm³/mol. The molecule has 5 atom stereocenters. The minimum Gasteiger partial charge on any atom is -0.475 e. The Labute approximate surface area is 629 Å². The minimum atomic E-state index is -4.52. The smallest absolute Gasteiger partial charge is 0.416 e. The summed E-state index contributed by atoms with van der Waals surface area (Å²) in [5.41, 5.74) is 1.47. The zero-order valence-electron chi connectivity index (χ0n) is 58.5. The SMILES string of the molecule is O=C(Nc1cc(F)cc(-c2cccnc2)c1)N1c2nc(-c3cccc(C(F)(F)F)c3)ncc2N2CC[C@H]1C2.O=C(Nc1ccnc(O[C@H]2CCOC2)n1)N1c2nc(-c3cccc(C(F)(F)F)c3)ncc2N2CC[C@H]1C2.O=C(Nc1nccc(OC[C@H](O)CO)n1)N1c2nc(-c3cccc(C(F)(F)F)c3)ncc2N2CC[C@H]1C2. The van der Waals surface area contributed by atoms with E-state index < -0.39 is 71.8 Å². The summed E-state index contributed by atoms with van der Waals surface area (Å²) in [6.07, 6.45) is -1.33. The van der Waals surface area contributed by atoms with Crippen LogP contribution in [0.25, 0.3) is 45.3 Å². The Kier molecular flexibility index (Phi) is 20.8. The second-order valence-electron chi connectivity index (χ2n) is 26.7.